The average Bonchev–Trinajstić information content (AvgIpc) is 2.27. The second-order valence-electron chi connectivity index (χ2n) is 3.98. The van der Waals surface area contributed by atoms with E-state index in [4.69, 9.17) is 11.6 Å². The van der Waals surface area contributed by atoms with Crippen LogP contribution in [0, 0.1) is 19.7 Å². The highest BCUT2D eigenvalue weighted by molar-refractivity contribution is 6.32. The van der Waals surface area contributed by atoms with Crippen LogP contribution in [0.1, 0.15) is 21.5 Å². The van der Waals surface area contributed by atoms with Gasteiger partial charge in [-0.3, -0.25) is 4.79 Å². The van der Waals surface area contributed by atoms with Gasteiger partial charge in [0.1, 0.15) is 17.3 Å². The summed E-state index contributed by atoms with van der Waals surface area (Å²) in [5.74, 6) is -0.426. The van der Waals surface area contributed by atoms with Gasteiger partial charge in [0.15, 0.2) is 6.29 Å². The molecular formula is C13H10ClFN2O. The third-order valence-corrected chi connectivity index (χ3v) is 2.92. The fourth-order valence-corrected chi connectivity index (χ4v) is 2.07. The number of aldehydes is 1. The largest absolute Gasteiger partial charge is 0.298 e. The number of halogens is 2. The van der Waals surface area contributed by atoms with Gasteiger partial charge in [0.25, 0.3) is 0 Å². The van der Waals surface area contributed by atoms with E-state index in [0.717, 1.165) is 5.56 Å². The maximum Gasteiger partial charge on any atom is 0.155 e. The highest BCUT2D eigenvalue weighted by atomic mass is 35.5. The molecule has 0 saturated carbocycles. The van der Waals surface area contributed by atoms with Gasteiger partial charge in [-0.2, -0.15) is 0 Å². The fourth-order valence-electron chi connectivity index (χ4n) is 1.89. The van der Waals surface area contributed by atoms with Crippen LogP contribution in [-0.2, 0) is 0 Å². The van der Waals surface area contributed by atoms with Gasteiger partial charge in [0.2, 0.25) is 0 Å². The summed E-state index contributed by atoms with van der Waals surface area (Å²) >= 11 is 5.81. The SMILES string of the molecule is Cc1cc(C)c(-c2ncnc(Cl)c2C=O)c(F)c1. The molecule has 18 heavy (non-hydrogen) atoms. The smallest absolute Gasteiger partial charge is 0.155 e. The van der Waals surface area contributed by atoms with E-state index in [1.807, 2.05) is 6.07 Å². The molecule has 0 saturated heterocycles. The van der Waals surface area contributed by atoms with Crippen molar-refractivity contribution >= 4 is 17.9 Å². The van der Waals surface area contributed by atoms with E-state index in [0.29, 0.717) is 11.8 Å². The van der Waals surface area contributed by atoms with Crippen molar-refractivity contribution in [3.8, 4) is 11.3 Å². The number of nitrogens with zero attached hydrogens (tertiary/aromatic N) is 2. The molecule has 0 aliphatic carbocycles. The molecule has 0 aliphatic rings. The maximum absolute atomic E-state index is 14.0. The van der Waals surface area contributed by atoms with E-state index in [1.54, 1.807) is 13.8 Å². The average molecular weight is 265 g/mol. The fraction of sp³-hybridized carbons (Fsp3) is 0.154. The first-order valence-electron chi connectivity index (χ1n) is 5.27. The van der Waals surface area contributed by atoms with Crippen LogP contribution in [0.4, 0.5) is 4.39 Å². The molecule has 0 atom stereocenters. The Hall–Kier alpha value is -1.81. The molecule has 0 bridgehead atoms. The Morgan fingerprint density at radius 3 is 2.61 bits per heavy atom. The molecule has 0 radical (unpaired) electrons. The van der Waals surface area contributed by atoms with E-state index >= 15 is 0 Å². The van der Waals surface area contributed by atoms with Gasteiger partial charge in [-0.1, -0.05) is 17.7 Å². The second kappa shape index (κ2) is 4.82. The predicted octanol–water partition coefficient (Wildman–Crippen LogP) is 3.37. The number of hydrogen-bond donors (Lipinski definition) is 0. The highest BCUT2D eigenvalue weighted by Gasteiger charge is 2.17. The van der Waals surface area contributed by atoms with Crippen molar-refractivity contribution in [1.29, 1.82) is 0 Å². The number of benzene rings is 1. The molecule has 3 nitrogen and oxygen atoms in total. The van der Waals surface area contributed by atoms with Gasteiger partial charge in [-0.15, -0.1) is 0 Å². The molecule has 0 aliphatic heterocycles. The lowest BCUT2D eigenvalue weighted by Gasteiger charge is -2.10. The number of aryl methyl sites for hydroxylation is 2. The van der Waals surface area contributed by atoms with Gasteiger partial charge < -0.3 is 0 Å². The van der Waals surface area contributed by atoms with Gasteiger partial charge in [-0.05, 0) is 31.0 Å². The molecule has 1 aromatic heterocycles. The minimum Gasteiger partial charge on any atom is -0.298 e. The minimum absolute atomic E-state index is 0.0226. The molecule has 0 amide bonds. The third kappa shape index (κ3) is 2.11. The molecule has 1 aromatic carbocycles. The van der Waals surface area contributed by atoms with Gasteiger partial charge >= 0.3 is 0 Å². The third-order valence-electron chi connectivity index (χ3n) is 2.62. The number of carbonyl (C=O) groups is 1. The zero-order chi connectivity index (χ0) is 13.3. The van der Waals surface area contributed by atoms with E-state index in [2.05, 4.69) is 9.97 Å². The summed E-state index contributed by atoms with van der Waals surface area (Å²) in [4.78, 5) is 18.7. The summed E-state index contributed by atoms with van der Waals surface area (Å²) in [5, 5.41) is 0.0226. The van der Waals surface area contributed by atoms with Crippen molar-refractivity contribution in [3.05, 3.63) is 46.1 Å². The monoisotopic (exact) mass is 264 g/mol. The first-order valence-corrected chi connectivity index (χ1v) is 5.65. The lowest BCUT2D eigenvalue weighted by Crippen LogP contribution is -2.00. The molecule has 92 valence electrons. The van der Waals surface area contributed by atoms with Crippen molar-refractivity contribution in [1.82, 2.24) is 9.97 Å². The van der Waals surface area contributed by atoms with Crippen LogP contribution in [0.2, 0.25) is 5.15 Å². The highest BCUT2D eigenvalue weighted by Crippen LogP contribution is 2.30. The van der Waals surface area contributed by atoms with Crippen LogP contribution in [-0.4, -0.2) is 16.3 Å². The Balaban J connectivity index is 2.77. The summed E-state index contributed by atoms with van der Waals surface area (Å²) in [6, 6.07) is 3.22. The summed E-state index contributed by atoms with van der Waals surface area (Å²) < 4.78 is 14.0. The predicted molar refractivity (Wildman–Crippen MR) is 67.3 cm³/mol. The first-order chi connectivity index (χ1) is 8.54. The van der Waals surface area contributed by atoms with Crippen molar-refractivity contribution in [2.75, 3.05) is 0 Å². The van der Waals surface area contributed by atoms with Crippen molar-refractivity contribution in [2.24, 2.45) is 0 Å². The van der Waals surface area contributed by atoms with Crippen molar-refractivity contribution in [3.63, 3.8) is 0 Å². The molecular weight excluding hydrogens is 255 g/mol. The first kappa shape index (κ1) is 12.6. The normalized spacial score (nSPS) is 10.4. The summed E-state index contributed by atoms with van der Waals surface area (Å²) in [5.41, 5.74) is 2.11. The topological polar surface area (TPSA) is 42.9 Å². The number of carbonyl (C=O) groups excluding carboxylic acids is 1. The lowest BCUT2D eigenvalue weighted by atomic mass is 9.99. The number of hydrogen-bond acceptors (Lipinski definition) is 3. The molecule has 0 N–H and O–H groups in total. The van der Waals surface area contributed by atoms with Crippen LogP contribution in [0.15, 0.2) is 18.5 Å². The van der Waals surface area contributed by atoms with Crippen LogP contribution >= 0.6 is 11.6 Å². The zero-order valence-corrected chi connectivity index (χ0v) is 10.6. The Bertz CT molecular complexity index is 605. The molecule has 1 heterocycles. The molecule has 2 rings (SSSR count). The van der Waals surface area contributed by atoms with E-state index < -0.39 is 5.82 Å². The molecule has 0 unspecified atom stereocenters. The Kier molecular flexibility index (Phi) is 3.39. The van der Waals surface area contributed by atoms with Crippen LogP contribution < -0.4 is 0 Å². The van der Waals surface area contributed by atoms with E-state index in [9.17, 15) is 9.18 Å². The Morgan fingerprint density at radius 1 is 1.28 bits per heavy atom. The Morgan fingerprint density at radius 2 is 2.00 bits per heavy atom. The molecule has 0 spiro atoms. The maximum atomic E-state index is 14.0. The standard InChI is InChI=1S/C13H10ClFN2O/c1-7-3-8(2)11(10(15)4-7)12-9(5-18)13(14)17-6-16-12/h3-6H,1-2H3. The molecule has 0 fully saturated rings. The van der Waals surface area contributed by atoms with Crippen molar-refractivity contribution in [2.45, 2.75) is 13.8 Å². The van der Waals surface area contributed by atoms with E-state index in [-0.39, 0.29) is 22.0 Å². The zero-order valence-electron chi connectivity index (χ0n) is 9.87. The molecule has 2 aromatic rings. The van der Waals surface area contributed by atoms with E-state index in [1.165, 1.54) is 12.4 Å². The van der Waals surface area contributed by atoms with Crippen LogP contribution in [0.5, 0.6) is 0 Å². The van der Waals surface area contributed by atoms with Crippen LogP contribution in [0.3, 0.4) is 0 Å². The number of rotatable bonds is 2. The summed E-state index contributed by atoms with van der Waals surface area (Å²) in [6.45, 7) is 3.56. The molecule has 5 heteroatoms. The minimum atomic E-state index is -0.426. The van der Waals surface area contributed by atoms with Crippen molar-refractivity contribution < 1.29 is 9.18 Å². The summed E-state index contributed by atoms with van der Waals surface area (Å²) in [7, 11) is 0. The second-order valence-corrected chi connectivity index (χ2v) is 4.34. The van der Waals surface area contributed by atoms with Crippen LogP contribution in [0.25, 0.3) is 11.3 Å². The number of aromatic nitrogens is 2. The van der Waals surface area contributed by atoms with Gasteiger partial charge in [0, 0.05) is 5.56 Å². The van der Waals surface area contributed by atoms with Gasteiger partial charge in [0.05, 0.1) is 11.3 Å². The van der Waals surface area contributed by atoms with Gasteiger partial charge in [-0.25, -0.2) is 14.4 Å². The Labute approximate surface area is 109 Å². The summed E-state index contributed by atoms with van der Waals surface area (Å²) in [6.07, 6.45) is 1.75. The quantitative estimate of drug-likeness (QED) is 0.617. The lowest BCUT2D eigenvalue weighted by molar-refractivity contribution is 0.112.